The van der Waals surface area contributed by atoms with Crippen LogP contribution in [0.1, 0.15) is 54.9 Å². The Morgan fingerprint density at radius 1 is 1.29 bits per heavy atom. The van der Waals surface area contributed by atoms with Gasteiger partial charge in [-0.25, -0.2) is 4.98 Å². The van der Waals surface area contributed by atoms with Crippen molar-refractivity contribution in [1.29, 1.82) is 0 Å². The Hall–Kier alpha value is -2.46. The number of hydrogen-bond acceptors (Lipinski definition) is 6. The van der Waals surface area contributed by atoms with Crippen molar-refractivity contribution in [3.63, 3.8) is 0 Å². The fourth-order valence-electron chi connectivity index (χ4n) is 6.05. The van der Waals surface area contributed by atoms with E-state index in [0.717, 1.165) is 44.0 Å². The van der Waals surface area contributed by atoms with Crippen LogP contribution in [0.2, 0.25) is 5.02 Å². The molecule has 2 saturated carbocycles. The number of benzene rings is 1. The third kappa shape index (κ3) is 4.58. The molecule has 7 nitrogen and oxygen atoms in total. The van der Waals surface area contributed by atoms with Crippen molar-refractivity contribution < 1.29 is 18.0 Å². The second kappa shape index (κ2) is 8.58. The van der Waals surface area contributed by atoms with Gasteiger partial charge in [0.25, 0.3) is 0 Å². The Morgan fingerprint density at radius 2 is 2.09 bits per heavy atom. The van der Waals surface area contributed by atoms with Crippen molar-refractivity contribution in [1.82, 2.24) is 25.6 Å². The normalized spacial score (nSPS) is 29.3. The predicted molar refractivity (Wildman–Crippen MR) is 125 cm³/mol. The van der Waals surface area contributed by atoms with E-state index in [1.165, 1.54) is 12.1 Å². The fraction of sp³-hybridized carbons (Fsp3) is 0.583. The number of nitrogens with one attached hydrogen (secondary N) is 3. The molecule has 1 saturated heterocycles. The van der Waals surface area contributed by atoms with E-state index < -0.39 is 11.7 Å². The molecule has 188 valence electrons. The molecule has 2 aliphatic carbocycles. The summed E-state index contributed by atoms with van der Waals surface area (Å²) in [5.74, 6) is 1.58. The molecule has 0 bridgehead atoms. The van der Waals surface area contributed by atoms with Crippen molar-refractivity contribution in [2.45, 2.75) is 69.8 Å². The number of halogens is 4. The van der Waals surface area contributed by atoms with Crippen LogP contribution in [-0.4, -0.2) is 39.5 Å². The molecule has 35 heavy (non-hydrogen) atoms. The number of aryl methyl sites for hydroxylation is 1. The molecule has 3 fully saturated rings. The van der Waals surface area contributed by atoms with Gasteiger partial charge in [0.15, 0.2) is 0 Å². The van der Waals surface area contributed by atoms with Crippen LogP contribution >= 0.6 is 11.6 Å². The molecule has 2 heterocycles. The second-order valence-corrected chi connectivity index (χ2v) is 10.4. The smallest absolute Gasteiger partial charge is 0.357 e. The van der Waals surface area contributed by atoms with Gasteiger partial charge in [-0.3, -0.25) is 4.79 Å². The van der Waals surface area contributed by atoms with Gasteiger partial charge in [-0.05, 0) is 55.7 Å². The zero-order valence-corrected chi connectivity index (χ0v) is 20.4. The first kappa shape index (κ1) is 24.2. The summed E-state index contributed by atoms with van der Waals surface area (Å²) in [6.07, 6.45) is 0.649. The summed E-state index contributed by atoms with van der Waals surface area (Å²) in [5.41, 5.74) is -0.720. The Balaban J connectivity index is 1.20. The lowest BCUT2D eigenvalue weighted by atomic mass is 9.76. The molecule has 1 aromatic heterocycles. The van der Waals surface area contributed by atoms with E-state index in [0.29, 0.717) is 18.2 Å². The molecule has 1 aromatic carbocycles. The summed E-state index contributed by atoms with van der Waals surface area (Å²) >= 11 is 5.76. The van der Waals surface area contributed by atoms with E-state index in [9.17, 15) is 18.0 Å². The molecule has 1 amide bonds. The maximum absolute atomic E-state index is 13.4. The van der Waals surface area contributed by atoms with Crippen molar-refractivity contribution in [2.75, 3.05) is 12.4 Å². The van der Waals surface area contributed by atoms with Crippen LogP contribution < -0.4 is 16.0 Å². The monoisotopic (exact) mass is 508 g/mol. The SMILES string of the molecule is CNc1nc(C)nc(CC2NC23C[C@@]32CCC[C@H](C(=O)NCc3ccc(Cl)cc3C(F)(F)F)C2)n1. The summed E-state index contributed by atoms with van der Waals surface area (Å²) in [6.45, 7) is 1.67. The van der Waals surface area contributed by atoms with Gasteiger partial charge < -0.3 is 16.0 Å². The molecule has 2 spiro atoms. The molecule has 0 radical (unpaired) electrons. The van der Waals surface area contributed by atoms with Gasteiger partial charge in [0.1, 0.15) is 11.6 Å². The lowest BCUT2D eigenvalue weighted by molar-refractivity contribution is -0.138. The van der Waals surface area contributed by atoms with Gasteiger partial charge in [-0.15, -0.1) is 0 Å². The zero-order chi connectivity index (χ0) is 25.0. The average Bonchev–Trinajstić information content (AvgIpc) is 3.66. The number of rotatable bonds is 6. The Kier molecular flexibility index (Phi) is 5.95. The zero-order valence-electron chi connectivity index (χ0n) is 19.6. The molecule has 11 heteroatoms. The predicted octanol–water partition coefficient (Wildman–Crippen LogP) is 4.04. The van der Waals surface area contributed by atoms with Crippen LogP contribution in [0.5, 0.6) is 0 Å². The largest absolute Gasteiger partial charge is 0.416 e. The van der Waals surface area contributed by atoms with Gasteiger partial charge in [0, 0.05) is 42.5 Å². The van der Waals surface area contributed by atoms with E-state index in [4.69, 9.17) is 11.6 Å². The van der Waals surface area contributed by atoms with Crippen LogP contribution in [0.4, 0.5) is 19.1 Å². The first-order chi connectivity index (χ1) is 16.5. The van der Waals surface area contributed by atoms with E-state index in [-0.39, 0.29) is 46.0 Å². The topological polar surface area (TPSA) is 102 Å². The summed E-state index contributed by atoms with van der Waals surface area (Å²) in [6, 6.07) is 3.90. The van der Waals surface area contributed by atoms with E-state index in [2.05, 4.69) is 30.9 Å². The summed E-state index contributed by atoms with van der Waals surface area (Å²) in [7, 11) is 1.77. The van der Waals surface area contributed by atoms with Gasteiger partial charge in [-0.2, -0.15) is 23.1 Å². The summed E-state index contributed by atoms with van der Waals surface area (Å²) < 4.78 is 40.1. The minimum absolute atomic E-state index is 0.0150. The number of alkyl halides is 3. The number of amides is 1. The Morgan fingerprint density at radius 3 is 2.83 bits per heavy atom. The highest BCUT2D eigenvalue weighted by molar-refractivity contribution is 6.30. The molecule has 4 atom stereocenters. The molecule has 5 rings (SSSR count). The van der Waals surface area contributed by atoms with Gasteiger partial charge >= 0.3 is 6.18 Å². The van der Waals surface area contributed by atoms with Gasteiger partial charge in [0.05, 0.1) is 5.56 Å². The fourth-order valence-corrected chi connectivity index (χ4v) is 6.22. The van der Waals surface area contributed by atoms with E-state index in [1.54, 1.807) is 7.05 Å². The Labute approximate surface area is 206 Å². The molecule has 2 unspecified atom stereocenters. The number of aromatic nitrogens is 3. The highest BCUT2D eigenvalue weighted by atomic mass is 35.5. The van der Waals surface area contributed by atoms with Gasteiger partial charge in [-0.1, -0.05) is 24.1 Å². The second-order valence-electron chi connectivity index (χ2n) is 10.0. The van der Waals surface area contributed by atoms with E-state index in [1.807, 2.05) is 6.92 Å². The van der Waals surface area contributed by atoms with Crippen LogP contribution in [0.3, 0.4) is 0 Å². The maximum Gasteiger partial charge on any atom is 0.416 e. The minimum atomic E-state index is -4.53. The number of carbonyl (C=O) groups excluding carboxylic acids is 1. The lowest BCUT2D eigenvalue weighted by Gasteiger charge is -2.29. The Bertz CT molecular complexity index is 1160. The number of fused-ring (bicyclic) bond motifs is 1. The highest BCUT2D eigenvalue weighted by Crippen LogP contribution is 2.72. The first-order valence-electron chi connectivity index (χ1n) is 11.9. The summed E-state index contributed by atoms with van der Waals surface area (Å²) in [5, 5.41) is 9.36. The van der Waals surface area contributed by atoms with Crippen molar-refractivity contribution in [3.8, 4) is 0 Å². The average molecular weight is 509 g/mol. The number of nitrogens with zero attached hydrogens (tertiary/aromatic N) is 3. The third-order valence-electron chi connectivity index (χ3n) is 7.83. The first-order valence-corrected chi connectivity index (χ1v) is 12.2. The molecular formula is C24H28ClF3N6O. The van der Waals surface area contributed by atoms with Crippen LogP contribution in [0.15, 0.2) is 18.2 Å². The van der Waals surface area contributed by atoms with Crippen molar-refractivity contribution in [3.05, 3.63) is 46.0 Å². The number of carbonyl (C=O) groups is 1. The molecular weight excluding hydrogens is 481 g/mol. The maximum atomic E-state index is 13.4. The molecule has 1 aliphatic heterocycles. The van der Waals surface area contributed by atoms with E-state index >= 15 is 0 Å². The van der Waals surface area contributed by atoms with Crippen molar-refractivity contribution >= 4 is 23.5 Å². The highest BCUT2D eigenvalue weighted by Gasteiger charge is 2.79. The lowest BCUT2D eigenvalue weighted by Crippen LogP contribution is -2.35. The molecule has 3 aliphatic rings. The van der Waals surface area contributed by atoms with Crippen LogP contribution in [0.25, 0.3) is 0 Å². The standard InChI is InChI=1S/C24H28ClF3N6O/c1-13-31-19(33-21(29-2)32-13)9-18-23(34-18)12-22(23)7-3-4-14(10-22)20(35)30-11-15-5-6-16(25)8-17(15)24(26,27)28/h5-6,8,14,18,34H,3-4,7,9-12H2,1-2H3,(H,30,35)(H,29,31,32,33)/t14-,18?,22-,23?/m0/s1. The summed E-state index contributed by atoms with van der Waals surface area (Å²) in [4.78, 5) is 26.1. The van der Waals surface area contributed by atoms with Crippen LogP contribution in [0, 0.1) is 18.3 Å². The molecule has 2 aromatic rings. The number of anilines is 1. The number of hydrogen-bond donors (Lipinski definition) is 3. The third-order valence-corrected chi connectivity index (χ3v) is 8.07. The van der Waals surface area contributed by atoms with Crippen molar-refractivity contribution in [2.24, 2.45) is 11.3 Å². The minimum Gasteiger partial charge on any atom is -0.357 e. The van der Waals surface area contributed by atoms with Gasteiger partial charge in [0.2, 0.25) is 11.9 Å². The quantitative estimate of drug-likeness (QED) is 0.509. The van der Waals surface area contributed by atoms with Crippen LogP contribution in [-0.2, 0) is 23.9 Å². The molecule has 3 N–H and O–H groups in total.